The molecule has 4 heteroatoms. The molecule has 1 heterocycles. The lowest BCUT2D eigenvalue weighted by molar-refractivity contribution is 0.724. The van der Waals surface area contributed by atoms with Crippen LogP contribution in [0.25, 0.3) is 0 Å². The van der Waals surface area contributed by atoms with Gasteiger partial charge in [0.25, 0.3) is 0 Å². The minimum atomic E-state index is 0.709. The Hall–Kier alpha value is -1.58. The summed E-state index contributed by atoms with van der Waals surface area (Å²) in [6, 6.07) is 12.4. The van der Waals surface area contributed by atoms with Crippen LogP contribution in [0.2, 0.25) is 5.02 Å². The van der Waals surface area contributed by atoms with Crippen LogP contribution < -0.4 is 10.2 Å². The molecule has 2 aromatic rings. The second-order valence-electron chi connectivity index (χ2n) is 5.09. The highest BCUT2D eigenvalue weighted by Crippen LogP contribution is 2.23. The summed E-state index contributed by atoms with van der Waals surface area (Å²) in [6.07, 6.45) is 2.87. The predicted molar refractivity (Wildman–Crippen MR) is 90.0 cm³/mol. The number of benzene rings is 1. The van der Waals surface area contributed by atoms with E-state index >= 15 is 0 Å². The van der Waals surface area contributed by atoms with Gasteiger partial charge in [0.05, 0.1) is 5.02 Å². The van der Waals surface area contributed by atoms with Gasteiger partial charge in [0.1, 0.15) is 5.82 Å². The molecule has 21 heavy (non-hydrogen) atoms. The van der Waals surface area contributed by atoms with Gasteiger partial charge in [-0.2, -0.15) is 0 Å². The molecule has 0 unspecified atom stereocenters. The average molecular weight is 304 g/mol. The molecule has 0 spiro atoms. The summed E-state index contributed by atoms with van der Waals surface area (Å²) in [6.45, 7) is 4.72. The number of hydrogen-bond donors (Lipinski definition) is 1. The van der Waals surface area contributed by atoms with E-state index in [4.69, 9.17) is 11.6 Å². The van der Waals surface area contributed by atoms with Crippen molar-refractivity contribution in [2.24, 2.45) is 0 Å². The molecular formula is C17H22ClN3. The smallest absolute Gasteiger partial charge is 0.147 e. The second-order valence-corrected chi connectivity index (χ2v) is 5.49. The molecule has 0 saturated heterocycles. The molecule has 1 aromatic carbocycles. The maximum absolute atomic E-state index is 6.35. The van der Waals surface area contributed by atoms with Gasteiger partial charge >= 0.3 is 0 Å². The molecule has 0 aliphatic carbocycles. The first-order valence-corrected chi connectivity index (χ1v) is 7.68. The van der Waals surface area contributed by atoms with Crippen LogP contribution in [0.5, 0.6) is 0 Å². The first-order valence-electron chi connectivity index (χ1n) is 7.31. The number of likely N-dealkylation sites (N-methyl/N-ethyl adjacent to an activating group) is 1. The predicted octanol–water partition coefficient (Wildman–Crippen LogP) is 3.52. The van der Waals surface area contributed by atoms with Crippen LogP contribution in [-0.2, 0) is 13.0 Å². The van der Waals surface area contributed by atoms with E-state index in [1.807, 2.05) is 25.4 Å². The molecule has 0 amide bonds. The van der Waals surface area contributed by atoms with E-state index in [9.17, 15) is 0 Å². The topological polar surface area (TPSA) is 28.2 Å². The zero-order valence-electron chi connectivity index (χ0n) is 12.6. The van der Waals surface area contributed by atoms with Crippen LogP contribution in [0.4, 0.5) is 5.82 Å². The average Bonchev–Trinajstić information content (AvgIpc) is 2.51. The number of hydrogen-bond acceptors (Lipinski definition) is 3. The molecule has 2 rings (SSSR count). The molecule has 0 fully saturated rings. The summed E-state index contributed by atoms with van der Waals surface area (Å²) in [5.74, 6) is 0.841. The molecule has 0 aliphatic heterocycles. The first kappa shape index (κ1) is 15.8. The third-order valence-corrected chi connectivity index (χ3v) is 3.68. The Kier molecular flexibility index (Phi) is 6.03. The van der Waals surface area contributed by atoms with Crippen LogP contribution in [-0.4, -0.2) is 25.1 Å². The van der Waals surface area contributed by atoms with E-state index in [-0.39, 0.29) is 0 Å². The fourth-order valence-electron chi connectivity index (χ4n) is 2.16. The minimum Gasteiger partial charge on any atom is -0.358 e. The molecule has 112 valence electrons. The van der Waals surface area contributed by atoms with Gasteiger partial charge in [0.2, 0.25) is 0 Å². The highest BCUT2D eigenvalue weighted by molar-refractivity contribution is 6.33. The molecular weight excluding hydrogens is 282 g/mol. The summed E-state index contributed by atoms with van der Waals surface area (Å²) >= 11 is 6.35. The fraction of sp³-hybridized carbons (Fsp3) is 0.353. The molecule has 0 aliphatic rings. The van der Waals surface area contributed by atoms with Crippen LogP contribution in [0, 0.1) is 0 Å². The number of aromatic nitrogens is 1. The van der Waals surface area contributed by atoms with Gasteiger partial charge < -0.3 is 10.2 Å². The Morgan fingerprint density at radius 3 is 2.62 bits per heavy atom. The van der Waals surface area contributed by atoms with E-state index in [0.717, 1.165) is 37.4 Å². The van der Waals surface area contributed by atoms with Gasteiger partial charge in [-0.25, -0.2) is 4.98 Å². The van der Waals surface area contributed by atoms with Gasteiger partial charge in [-0.15, -0.1) is 0 Å². The third-order valence-electron chi connectivity index (χ3n) is 3.40. The summed E-state index contributed by atoms with van der Waals surface area (Å²) in [7, 11) is 2.03. The highest BCUT2D eigenvalue weighted by Gasteiger charge is 2.08. The van der Waals surface area contributed by atoms with Gasteiger partial charge in [-0.3, -0.25) is 0 Å². The molecule has 0 bridgehead atoms. The molecule has 3 nitrogen and oxygen atoms in total. The summed E-state index contributed by atoms with van der Waals surface area (Å²) < 4.78 is 0. The largest absolute Gasteiger partial charge is 0.358 e. The van der Waals surface area contributed by atoms with Gasteiger partial charge in [-0.05, 0) is 30.2 Å². The van der Waals surface area contributed by atoms with Crippen molar-refractivity contribution in [3.63, 3.8) is 0 Å². The van der Waals surface area contributed by atoms with E-state index < -0.39 is 0 Å². The summed E-state index contributed by atoms with van der Waals surface area (Å²) in [5, 5.41) is 3.98. The fourth-order valence-corrected chi connectivity index (χ4v) is 2.50. The lowest BCUT2D eigenvalue weighted by Crippen LogP contribution is -2.22. The standard InChI is InChI=1S/C17H22ClN3/c1-3-19-12-15-11-16(18)17(20-13-15)21(2)10-9-14-7-5-4-6-8-14/h4-8,11,13,19H,3,9-10,12H2,1-2H3. The first-order chi connectivity index (χ1) is 10.2. The zero-order chi connectivity index (χ0) is 15.1. The Morgan fingerprint density at radius 2 is 1.95 bits per heavy atom. The summed E-state index contributed by atoms with van der Waals surface area (Å²) in [4.78, 5) is 6.60. The van der Waals surface area contributed by atoms with Crippen molar-refractivity contribution in [3.05, 3.63) is 58.7 Å². The van der Waals surface area contributed by atoms with Crippen molar-refractivity contribution in [1.82, 2.24) is 10.3 Å². The van der Waals surface area contributed by atoms with E-state index in [1.54, 1.807) is 0 Å². The SMILES string of the molecule is CCNCc1cnc(N(C)CCc2ccccc2)c(Cl)c1. The van der Waals surface area contributed by atoms with Crippen molar-refractivity contribution in [2.75, 3.05) is 25.0 Å². The third kappa shape index (κ3) is 4.73. The van der Waals surface area contributed by atoms with Crippen LogP contribution in [0.1, 0.15) is 18.1 Å². The number of nitrogens with zero attached hydrogens (tertiary/aromatic N) is 2. The van der Waals surface area contributed by atoms with Crippen molar-refractivity contribution < 1.29 is 0 Å². The number of rotatable bonds is 7. The van der Waals surface area contributed by atoms with Crippen LogP contribution >= 0.6 is 11.6 Å². The zero-order valence-corrected chi connectivity index (χ0v) is 13.4. The Morgan fingerprint density at radius 1 is 1.19 bits per heavy atom. The quantitative estimate of drug-likeness (QED) is 0.848. The molecule has 1 aromatic heterocycles. The lowest BCUT2D eigenvalue weighted by atomic mass is 10.1. The molecule has 0 radical (unpaired) electrons. The second kappa shape index (κ2) is 8.01. The Bertz CT molecular complexity index is 557. The minimum absolute atomic E-state index is 0.709. The van der Waals surface area contributed by atoms with E-state index in [2.05, 4.69) is 46.4 Å². The van der Waals surface area contributed by atoms with Crippen molar-refractivity contribution >= 4 is 17.4 Å². The lowest BCUT2D eigenvalue weighted by Gasteiger charge is -2.20. The molecule has 0 atom stereocenters. The molecule has 1 N–H and O–H groups in total. The number of pyridine rings is 1. The van der Waals surface area contributed by atoms with Crippen molar-refractivity contribution in [3.8, 4) is 0 Å². The Labute approximate surface area is 132 Å². The maximum atomic E-state index is 6.35. The van der Waals surface area contributed by atoms with Crippen LogP contribution in [0.3, 0.4) is 0 Å². The summed E-state index contributed by atoms with van der Waals surface area (Å²) in [5.41, 5.74) is 2.44. The number of anilines is 1. The van der Waals surface area contributed by atoms with E-state index in [0.29, 0.717) is 5.02 Å². The normalized spacial score (nSPS) is 10.6. The van der Waals surface area contributed by atoms with E-state index in [1.165, 1.54) is 5.56 Å². The van der Waals surface area contributed by atoms with Crippen LogP contribution in [0.15, 0.2) is 42.6 Å². The Balaban J connectivity index is 1.97. The van der Waals surface area contributed by atoms with Crippen molar-refractivity contribution in [1.29, 1.82) is 0 Å². The van der Waals surface area contributed by atoms with Crippen molar-refractivity contribution in [2.45, 2.75) is 19.9 Å². The van der Waals surface area contributed by atoms with Gasteiger partial charge in [0, 0.05) is 26.3 Å². The molecule has 0 saturated carbocycles. The number of nitrogens with one attached hydrogen (secondary N) is 1. The maximum Gasteiger partial charge on any atom is 0.147 e. The van der Waals surface area contributed by atoms with Gasteiger partial charge in [0.15, 0.2) is 0 Å². The highest BCUT2D eigenvalue weighted by atomic mass is 35.5. The number of halogens is 1. The monoisotopic (exact) mass is 303 g/mol. The van der Waals surface area contributed by atoms with Gasteiger partial charge in [-0.1, -0.05) is 48.9 Å².